The minimum Gasteiger partial charge on any atom is -0.373 e. The van der Waals surface area contributed by atoms with Crippen LogP contribution in [0.15, 0.2) is 23.1 Å². The van der Waals surface area contributed by atoms with Gasteiger partial charge in [-0.15, -0.1) is 0 Å². The Bertz CT molecular complexity index is 882. The van der Waals surface area contributed by atoms with Crippen molar-refractivity contribution in [3.05, 3.63) is 28.8 Å². The average Bonchev–Trinajstić information content (AvgIpc) is 2.67. The molecule has 168 valence electrons. The van der Waals surface area contributed by atoms with Gasteiger partial charge in [-0.2, -0.15) is 4.31 Å². The fraction of sp³-hybridized carbons (Fsp3) is 0.600. The predicted octanol–water partition coefficient (Wildman–Crippen LogP) is 2.17. The molecule has 2 amide bonds. The van der Waals surface area contributed by atoms with E-state index in [0.29, 0.717) is 0 Å². The van der Waals surface area contributed by atoms with Crippen molar-refractivity contribution in [2.75, 3.05) is 13.1 Å². The van der Waals surface area contributed by atoms with Crippen molar-refractivity contribution in [1.29, 1.82) is 0 Å². The Balaban J connectivity index is 2.22. The summed E-state index contributed by atoms with van der Waals surface area (Å²) < 4.78 is 33.2. The second kappa shape index (κ2) is 10.1. The summed E-state index contributed by atoms with van der Waals surface area (Å²) in [5.41, 5.74) is 0.107. The summed E-state index contributed by atoms with van der Waals surface area (Å²) in [5, 5.41) is 5.42. The van der Waals surface area contributed by atoms with Crippen molar-refractivity contribution in [3.8, 4) is 0 Å². The van der Waals surface area contributed by atoms with Gasteiger partial charge in [0.2, 0.25) is 15.9 Å². The molecule has 2 N–H and O–H groups in total. The quantitative estimate of drug-likeness (QED) is 0.650. The second-order valence-electron chi connectivity index (χ2n) is 7.74. The summed E-state index contributed by atoms with van der Waals surface area (Å²) in [6.45, 7) is 9.39. The SMILES string of the molecule is CCC(C)NC(=O)C(C)NC(=O)c1ccc(Cl)c(S(=O)(=O)N2CC(C)OC(C)C2)c1. The van der Waals surface area contributed by atoms with Gasteiger partial charge >= 0.3 is 0 Å². The molecule has 4 unspecified atom stereocenters. The maximum Gasteiger partial charge on any atom is 0.251 e. The van der Waals surface area contributed by atoms with Crippen molar-refractivity contribution in [2.45, 2.75) is 70.2 Å². The zero-order valence-electron chi connectivity index (χ0n) is 17.9. The van der Waals surface area contributed by atoms with Gasteiger partial charge in [0.15, 0.2) is 0 Å². The largest absolute Gasteiger partial charge is 0.373 e. The number of rotatable bonds is 7. The minimum atomic E-state index is -3.92. The second-order valence-corrected chi connectivity index (χ2v) is 10.1. The molecule has 1 saturated heterocycles. The Morgan fingerprint density at radius 1 is 1.20 bits per heavy atom. The number of sulfonamides is 1. The highest BCUT2D eigenvalue weighted by atomic mass is 35.5. The molecule has 30 heavy (non-hydrogen) atoms. The summed E-state index contributed by atoms with van der Waals surface area (Å²) in [5.74, 6) is -0.866. The van der Waals surface area contributed by atoms with Gasteiger partial charge in [-0.05, 0) is 52.3 Å². The molecule has 0 aliphatic carbocycles. The molecular weight excluding hydrogens is 430 g/mol. The molecule has 10 heteroatoms. The van der Waals surface area contributed by atoms with E-state index in [0.717, 1.165) is 6.42 Å². The molecule has 1 heterocycles. The first-order chi connectivity index (χ1) is 13.9. The molecular formula is C20H30ClN3O5S. The van der Waals surface area contributed by atoms with Crippen molar-refractivity contribution in [2.24, 2.45) is 0 Å². The van der Waals surface area contributed by atoms with Crippen molar-refractivity contribution < 1.29 is 22.7 Å². The smallest absolute Gasteiger partial charge is 0.251 e. The fourth-order valence-electron chi connectivity index (χ4n) is 3.12. The molecule has 1 aromatic rings. The van der Waals surface area contributed by atoms with Gasteiger partial charge in [-0.1, -0.05) is 18.5 Å². The van der Waals surface area contributed by atoms with Gasteiger partial charge in [0.25, 0.3) is 5.91 Å². The molecule has 1 aliphatic heterocycles. The number of carbonyl (C=O) groups is 2. The van der Waals surface area contributed by atoms with E-state index in [2.05, 4.69) is 10.6 Å². The van der Waals surface area contributed by atoms with Gasteiger partial charge in [0.1, 0.15) is 10.9 Å². The first kappa shape index (κ1) is 24.6. The van der Waals surface area contributed by atoms with Crippen molar-refractivity contribution in [3.63, 3.8) is 0 Å². The Kier molecular flexibility index (Phi) is 8.27. The predicted molar refractivity (Wildman–Crippen MR) is 115 cm³/mol. The molecule has 0 saturated carbocycles. The van der Waals surface area contributed by atoms with Gasteiger partial charge in [-0.3, -0.25) is 9.59 Å². The number of nitrogens with zero attached hydrogens (tertiary/aromatic N) is 1. The molecule has 1 aromatic carbocycles. The average molecular weight is 460 g/mol. The maximum atomic E-state index is 13.1. The summed E-state index contributed by atoms with van der Waals surface area (Å²) in [6, 6.07) is 3.27. The summed E-state index contributed by atoms with van der Waals surface area (Å²) in [6.07, 6.45) is 0.265. The number of benzene rings is 1. The third-order valence-electron chi connectivity index (χ3n) is 4.94. The Hall–Kier alpha value is -1.68. The Morgan fingerprint density at radius 3 is 2.37 bits per heavy atom. The van der Waals surface area contributed by atoms with E-state index in [4.69, 9.17) is 16.3 Å². The summed E-state index contributed by atoms with van der Waals surface area (Å²) in [7, 11) is -3.92. The number of ether oxygens (including phenoxy) is 1. The lowest BCUT2D eigenvalue weighted by Gasteiger charge is -2.34. The first-order valence-electron chi connectivity index (χ1n) is 10.0. The van der Waals surface area contributed by atoms with E-state index in [9.17, 15) is 18.0 Å². The molecule has 1 fully saturated rings. The number of morpholine rings is 1. The highest BCUT2D eigenvalue weighted by molar-refractivity contribution is 7.89. The van der Waals surface area contributed by atoms with Crippen molar-refractivity contribution >= 4 is 33.4 Å². The van der Waals surface area contributed by atoms with Crippen LogP contribution in [0.25, 0.3) is 0 Å². The van der Waals surface area contributed by atoms with E-state index in [1.165, 1.54) is 22.5 Å². The van der Waals surface area contributed by atoms with Crippen LogP contribution in [-0.4, -0.2) is 61.9 Å². The van der Waals surface area contributed by atoms with E-state index >= 15 is 0 Å². The first-order valence-corrected chi connectivity index (χ1v) is 11.8. The van der Waals surface area contributed by atoms with Crippen molar-refractivity contribution in [1.82, 2.24) is 14.9 Å². The Morgan fingerprint density at radius 2 is 1.80 bits per heavy atom. The third kappa shape index (κ3) is 5.94. The minimum absolute atomic E-state index is 0.0116. The third-order valence-corrected chi connectivity index (χ3v) is 7.25. The molecule has 0 bridgehead atoms. The number of hydrogen-bond acceptors (Lipinski definition) is 5. The Labute approximate surface area is 183 Å². The van der Waals surface area contributed by atoms with E-state index in [-0.39, 0.29) is 52.7 Å². The zero-order chi connectivity index (χ0) is 22.6. The maximum absolute atomic E-state index is 13.1. The molecule has 1 aliphatic rings. The van der Waals surface area contributed by atoms with Gasteiger partial charge in [0, 0.05) is 24.7 Å². The zero-order valence-corrected chi connectivity index (χ0v) is 19.5. The lowest BCUT2D eigenvalue weighted by atomic mass is 10.2. The fourth-order valence-corrected chi connectivity index (χ4v) is 5.21. The number of carbonyl (C=O) groups excluding carboxylic acids is 2. The van der Waals surface area contributed by atoms with Crippen LogP contribution in [-0.2, 0) is 19.6 Å². The number of amides is 2. The summed E-state index contributed by atoms with van der Waals surface area (Å²) >= 11 is 6.17. The van der Waals surface area contributed by atoms with Crippen LogP contribution < -0.4 is 10.6 Å². The van der Waals surface area contributed by atoms with Gasteiger partial charge < -0.3 is 15.4 Å². The van der Waals surface area contributed by atoms with Crippen LogP contribution in [0.2, 0.25) is 5.02 Å². The van der Waals surface area contributed by atoms with Crippen LogP contribution in [0.3, 0.4) is 0 Å². The molecule has 0 radical (unpaired) electrons. The molecule has 4 atom stereocenters. The van der Waals surface area contributed by atoms with E-state index in [1.807, 2.05) is 13.8 Å². The topological polar surface area (TPSA) is 105 Å². The normalized spacial score (nSPS) is 22.2. The molecule has 0 aromatic heterocycles. The van der Waals surface area contributed by atoms with E-state index < -0.39 is 22.0 Å². The molecule has 2 rings (SSSR count). The van der Waals surface area contributed by atoms with Crippen LogP contribution in [0.1, 0.15) is 51.4 Å². The van der Waals surface area contributed by atoms with Gasteiger partial charge in [-0.25, -0.2) is 8.42 Å². The monoisotopic (exact) mass is 459 g/mol. The summed E-state index contributed by atoms with van der Waals surface area (Å²) in [4.78, 5) is 24.6. The number of hydrogen-bond donors (Lipinski definition) is 2. The number of nitrogens with one attached hydrogen (secondary N) is 2. The lowest BCUT2D eigenvalue weighted by Crippen LogP contribution is -2.48. The number of halogens is 1. The van der Waals surface area contributed by atoms with Crippen LogP contribution in [0, 0.1) is 0 Å². The highest BCUT2D eigenvalue weighted by Gasteiger charge is 2.34. The molecule has 0 spiro atoms. The van der Waals surface area contributed by atoms with Crippen LogP contribution in [0.5, 0.6) is 0 Å². The van der Waals surface area contributed by atoms with Crippen LogP contribution in [0.4, 0.5) is 0 Å². The van der Waals surface area contributed by atoms with Gasteiger partial charge in [0.05, 0.1) is 17.2 Å². The standard InChI is InChI=1S/C20H30ClN3O5S/c1-6-12(2)22-19(25)15(5)23-20(26)16-7-8-17(21)18(9-16)30(27,28)24-10-13(3)29-14(4)11-24/h7-9,12-15H,6,10-11H2,1-5H3,(H,22,25)(H,23,26). The highest BCUT2D eigenvalue weighted by Crippen LogP contribution is 2.28. The van der Waals surface area contributed by atoms with E-state index in [1.54, 1.807) is 20.8 Å². The van der Waals surface area contributed by atoms with Crippen LogP contribution >= 0.6 is 11.6 Å². The lowest BCUT2D eigenvalue weighted by molar-refractivity contribution is -0.123. The molecule has 8 nitrogen and oxygen atoms in total.